The number of carbonyl (C=O) groups is 2. The van der Waals surface area contributed by atoms with Gasteiger partial charge in [-0.15, -0.1) is 0 Å². The molecule has 0 heterocycles. The number of halogens is 1. The first kappa shape index (κ1) is 22.6. The van der Waals surface area contributed by atoms with Gasteiger partial charge in [-0.1, -0.05) is 84.4 Å². The van der Waals surface area contributed by atoms with E-state index in [2.05, 4.69) is 5.32 Å². The molecule has 2 amide bonds. The van der Waals surface area contributed by atoms with Crippen LogP contribution in [0.25, 0.3) is 0 Å². The highest BCUT2D eigenvalue weighted by Crippen LogP contribution is 2.21. The van der Waals surface area contributed by atoms with Gasteiger partial charge in [-0.25, -0.2) is 0 Å². The summed E-state index contributed by atoms with van der Waals surface area (Å²) in [5.41, 5.74) is 3.83. The predicted octanol–water partition coefficient (Wildman–Crippen LogP) is 4.58. The van der Waals surface area contributed by atoms with E-state index in [1.54, 1.807) is 18.0 Å². The highest BCUT2D eigenvalue weighted by atomic mass is 35.5. The Balaban J connectivity index is 1.97. The Labute approximate surface area is 188 Å². The Bertz CT molecular complexity index is 1040. The number of aryl methyl sites for hydroxylation is 1. The molecule has 0 bridgehead atoms. The molecule has 160 valence electrons. The zero-order chi connectivity index (χ0) is 22.2. The number of nitrogens with one attached hydrogen (secondary N) is 1. The van der Waals surface area contributed by atoms with Crippen molar-refractivity contribution in [2.45, 2.75) is 32.4 Å². The van der Waals surface area contributed by atoms with Crippen LogP contribution in [0.1, 0.15) is 22.3 Å². The molecule has 1 atom stereocenters. The van der Waals surface area contributed by atoms with Crippen molar-refractivity contribution in [3.63, 3.8) is 0 Å². The van der Waals surface area contributed by atoms with E-state index < -0.39 is 6.04 Å². The molecular weight excluding hydrogens is 408 g/mol. The first-order valence-electron chi connectivity index (χ1n) is 10.3. The number of nitrogens with zero attached hydrogens (tertiary/aromatic N) is 1. The summed E-state index contributed by atoms with van der Waals surface area (Å²) in [5.74, 6) is -0.328. The first-order valence-corrected chi connectivity index (χ1v) is 10.7. The first-order chi connectivity index (χ1) is 15.0. The summed E-state index contributed by atoms with van der Waals surface area (Å²) in [6.45, 7) is 2.36. The number of likely N-dealkylation sites (N-methyl/N-ethyl adjacent to an activating group) is 1. The number of hydrogen-bond donors (Lipinski definition) is 1. The molecule has 0 radical (unpaired) electrons. The number of benzene rings is 3. The van der Waals surface area contributed by atoms with Crippen LogP contribution in [0.3, 0.4) is 0 Å². The molecule has 1 N–H and O–H groups in total. The van der Waals surface area contributed by atoms with Crippen LogP contribution in [0, 0.1) is 6.92 Å². The third-order valence-electron chi connectivity index (χ3n) is 5.42. The Kier molecular flexibility index (Phi) is 7.85. The van der Waals surface area contributed by atoms with Gasteiger partial charge in [-0.3, -0.25) is 9.59 Å². The third-order valence-corrected chi connectivity index (χ3v) is 5.79. The second-order valence-corrected chi connectivity index (χ2v) is 7.94. The minimum atomic E-state index is -0.637. The number of hydrogen-bond acceptors (Lipinski definition) is 2. The maximum absolute atomic E-state index is 13.5. The SMILES string of the molecule is CNC(=O)[C@@H](Cc1ccccc1)N(Cc1ccccc1C)C(=O)Cc1ccccc1Cl. The average Bonchev–Trinajstić information content (AvgIpc) is 2.79. The highest BCUT2D eigenvalue weighted by Gasteiger charge is 2.30. The second kappa shape index (κ2) is 10.8. The Morgan fingerprint density at radius 1 is 0.903 bits per heavy atom. The van der Waals surface area contributed by atoms with Crippen molar-refractivity contribution in [3.8, 4) is 0 Å². The van der Waals surface area contributed by atoms with Gasteiger partial charge in [-0.2, -0.15) is 0 Å². The monoisotopic (exact) mass is 434 g/mol. The summed E-state index contributed by atoms with van der Waals surface area (Å²) in [6.07, 6.45) is 0.564. The van der Waals surface area contributed by atoms with Crippen LogP contribution in [0.2, 0.25) is 5.02 Å². The largest absolute Gasteiger partial charge is 0.357 e. The van der Waals surface area contributed by atoms with Crippen LogP contribution in [-0.2, 0) is 29.0 Å². The zero-order valence-corrected chi connectivity index (χ0v) is 18.6. The fourth-order valence-electron chi connectivity index (χ4n) is 3.60. The molecule has 0 fully saturated rings. The van der Waals surface area contributed by atoms with Gasteiger partial charge in [0.05, 0.1) is 6.42 Å². The topological polar surface area (TPSA) is 49.4 Å². The van der Waals surface area contributed by atoms with Gasteiger partial charge in [0.25, 0.3) is 0 Å². The van der Waals surface area contributed by atoms with Crippen molar-refractivity contribution in [3.05, 3.63) is 106 Å². The van der Waals surface area contributed by atoms with E-state index in [4.69, 9.17) is 11.6 Å². The molecule has 0 aromatic heterocycles. The van der Waals surface area contributed by atoms with Gasteiger partial charge in [0.1, 0.15) is 6.04 Å². The van der Waals surface area contributed by atoms with Gasteiger partial charge in [0.2, 0.25) is 11.8 Å². The van der Waals surface area contributed by atoms with E-state index in [9.17, 15) is 9.59 Å². The summed E-state index contributed by atoms with van der Waals surface area (Å²) in [4.78, 5) is 28.1. The van der Waals surface area contributed by atoms with Crippen molar-refractivity contribution < 1.29 is 9.59 Å². The van der Waals surface area contributed by atoms with Gasteiger partial charge in [0.15, 0.2) is 0 Å². The molecule has 3 rings (SSSR count). The minimum absolute atomic E-state index is 0.133. The molecule has 0 saturated carbocycles. The Hall–Kier alpha value is -3.11. The fourth-order valence-corrected chi connectivity index (χ4v) is 3.80. The molecule has 0 aliphatic heterocycles. The lowest BCUT2D eigenvalue weighted by molar-refractivity contribution is -0.140. The van der Waals surface area contributed by atoms with Crippen LogP contribution in [-0.4, -0.2) is 29.8 Å². The molecule has 4 nitrogen and oxygen atoms in total. The molecule has 0 unspecified atom stereocenters. The van der Waals surface area contributed by atoms with Gasteiger partial charge < -0.3 is 10.2 Å². The zero-order valence-electron chi connectivity index (χ0n) is 17.8. The predicted molar refractivity (Wildman–Crippen MR) is 125 cm³/mol. The molecule has 5 heteroatoms. The van der Waals surface area contributed by atoms with Gasteiger partial charge in [-0.05, 0) is 35.2 Å². The van der Waals surface area contributed by atoms with Crippen molar-refractivity contribution in [2.75, 3.05) is 7.05 Å². The van der Waals surface area contributed by atoms with Crippen molar-refractivity contribution >= 4 is 23.4 Å². The van der Waals surface area contributed by atoms with Crippen molar-refractivity contribution in [2.24, 2.45) is 0 Å². The lowest BCUT2D eigenvalue weighted by Gasteiger charge is -2.32. The molecule has 0 spiro atoms. The van der Waals surface area contributed by atoms with E-state index in [1.165, 1.54) is 0 Å². The molecular formula is C26H27ClN2O2. The summed E-state index contributed by atoms with van der Waals surface area (Å²) in [6, 6.07) is 24.4. The quantitative estimate of drug-likeness (QED) is 0.564. The van der Waals surface area contributed by atoms with Crippen LogP contribution >= 0.6 is 11.6 Å². The smallest absolute Gasteiger partial charge is 0.242 e. The van der Waals surface area contributed by atoms with E-state index in [-0.39, 0.29) is 18.2 Å². The lowest BCUT2D eigenvalue weighted by Crippen LogP contribution is -2.50. The fraction of sp³-hybridized carbons (Fsp3) is 0.231. The van der Waals surface area contributed by atoms with Crippen molar-refractivity contribution in [1.29, 1.82) is 0 Å². The number of carbonyl (C=O) groups excluding carboxylic acids is 2. The maximum Gasteiger partial charge on any atom is 0.242 e. The van der Waals surface area contributed by atoms with E-state index in [1.807, 2.05) is 79.7 Å². The summed E-state index contributed by atoms with van der Waals surface area (Å²) >= 11 is 6.31. The third kappa shape index (κ3) is 5.96. The summed E-state index contributed by atoms with van der Waals surface area (Å²) in [5, 5.41) is 3.28. The van der Waals surface area contributed by atoms with Crippen molar-refractivity contribution in [1.82, 2.24) is 10.2 Å². The average molecular weight is 435 g/mol. The van der Waals surface area contributed by atoms with Crippen LogP contribution < -0.4 is 5.32 Å². The summed E-state index contributed by atoms with van der Waals surface area (Å²) in [7, 11) is 1.60. The molecule has 3 aromatic rings. The second-order valence-electron chi connectivity index (χ2n) is 7.54. The molecule has 31 heavy (non-hydrogen) atoms. The van der Waals surface area contributed by atoms with Gasteiger partial charge in [0, 0.05) is 25.0 Å². The highest BCUT2D eigenvalue weighted by molar-refractivity contribution is 6.31. The van der Waals surface area contributed by atoms with E-state index in [0.29, 0.717) is 18.0 Å². The normalized spacial score (nSPS) is 11.6. The summed E-state index contributed by atoms with van der Waals surface area (Å²) < 4.78 is 0. The van der Waals surface area contributed by atoms with Crippen LogP contribution in [0.5, 0.6) is 0 Å². The van der Waals surface area contributed by atoms with Crippen LogP contribution in [0.15, 0.2) is 78.9 Å². The Morgan fingerprint density at radius 2 is 1.52 bits per heavy atom. The molecule has 0 aliphatic carbocycles. The van der Waals surface area contributed by atoms with E-state index in [0.717, 1.165) is 22.3 Å². The Morgan fingerprint density at radius 3 is 2.16 bits per heavy atom. The minimum Gasteiger partial charge on any atom is -0.357 e. The molecule has 0 saturated heterocycles. The molecule has 0 aliphatic rings. The lowest BCUT2D eigenvalue weighted by atomic mass is 10.0. The molecule has 3 aromatic carbocycles. The number of rotatable bonds is 8. The number of amides is 2. The standard InChI is InChI=1S/C26H27ClN2O2/c1-19-10-6-7-14-22(19)18-29(25(30)17-21-13-8-9-15-23(21)27)24(26(31)28-2)16-20-11-4-3-5-12-20/h3-15,24H,16-18H2,1-2H3,(H,28,31)/t24-/m1/s1. The van der Waals surface area contributed by atoms with E-state index >= 15 is 0 Å². The van der Waals surface area contributed by atoms with Crippen LogP contribution in [0.4, 0.5) is 0 Å². The maximum atomic E-state index is 13.5. The van der Waals surface area contributed by atoms with Gasteiger partial charge >= 0.3 is 0 Å².